The van der Waals surface area contributed by atoms with Gasteiger partial charge >= 0.3 is 6.18 Å². The number of nitrogens with one attached hydrogen (secondary N) is 1. The fourth-order valence-electron chi connectivity index (χ4n) is 1.48. The van der Waals surface area contributed by atoms with Crippen LogP contribution in [0.2, 0.25) is 0 Å². The van der Waals surface area contributed by atoms with Gasteiger partial charge in [0.05, 0.1) is 0 Å². The van der Waals surface area contributed by atoms with Crippen LogP contribution < -0.4 is 5.32 Å². The zero-order valence-electron chi connectivity index (χ0n) is 10.8. The average molecular weight is 297 g/mol. The predicted octanol–water partition coefficient (Wildman–Crippen LogP) is 3.61. The van der Waals surface area contributed by atoms with E-state index >= 15 is 0 Å². The second kappa shape index (κ2) is 6.39. The van der Waals surface area contributed by atoms with Gasteiger partial charge in [-0.15, -0.1) is 0 Å². The molecule has 2 nitrogen and oxygen atoms in total. The topological polar surface area (TPSA) is 32.3 Å². The van der Waals surface area contributed by atoms with Crippen molar-refractivity contribution >= 4 is 5.69 Å². The number of hydrogen-bond donors (Lipinski definition) is 2. The summed E-state index contributed by atoms with van der Waals surface area (Å²) >= 11 is 0. The first-order chi connectivity index (χ1) is 9.10. The van der Waals surface area contributed by atoms with Crippen LogP contribution in [0.25, 0.3) is 0 Å². The molecule has 1 aromatic carbocycles. The third-order valence-electron chi connectivity index (χ3n) is 2.74. The summed E-state index contributed by atoms with van der Waals surface area (Å²) in [4.78, 5) is 0. The van der Waals surface area contributed by atoms with Gasteiger partial charge < -0.3 is 10.4 Å². The normalized spacial score (nSPS) is 15.2. The van der Waals surface area contributed by atoms with E-state index in [0.29, 0.717) is 11.3 Å². The third-order valence-corrected chi connectivity index (χ3v) is 2.74. The molecule has 2 N–H and O–H groups in total. The molecule has 0 aliphatic rings. The van der Waals surface area contributed by atoms with Crippen molar-refractivity contribution < 1.29 is 27.1 Å². The van der Waals surface area contributed by atoms with Gasteiger partial charge in [-0.2, -0.15) is 13.2 Å². The average Bonchev–Trinajstić information content (AvgIpc) is 2.34. The van der Waals surface area contributed by atoms with Crippen LogP contribution in [-0.2, 0) is 6.42 Å². The maximum Gasteiger partial charge on any atom is 0.389 e. The smallest absolute Gasteiger partial charge is 0.382 e. The Kier molecular flexibility index (Phi) is 5.33. The molecule has 1 unspecified atom stereocenters. The van der Waals surface area contributed by atoms with E-state index in [1.54, 1.807) is 6.07 Å². The molecule has 0 saturated heterocycles. The minimum absolute atomic E-state index is 0.176. The van der Waals surface area contributed by atoms with Crippen LogP contribution in [0.1, 0.15) is 18.9 Å². The number of alkyl halides is 5. The van der Waals surface area contributed by atoms with Crippen LogP contribution in [0.15, 0.2) is 24.3 Å². The molecule has 0 aliphatic carbocycles. The highest BCUT2D eigenvalue weighted by atomic mass is 19.4. The first-order valence-electron chi connectivity index (χ1n) is 6.00. The van der Waals surface area contributed by atoms with E-state index in [1.165, 1.54) is 18.2 Å². The quantitative estimate of drug-likeness (QED) is 0.786. The van der Waals surface area contributed by atoms with Gasteiger partial charge in [0.25, 0.3) is 6.43 Å². The first-order valence-corrected chi connectivity index (χ1v) is 6.00. The highest BCUT2D eigenvalue weighted by molar-refractivity contribution is 5.46. The molecule has 7 heteroatoms. The molecule has 0 aromatic heterocycles. The van der Waals surface area contributed by atoms with Gasteiger partial charge in [0.1, 0.15) is 5.60 Å². The monoisotopic (exact) mass is 297 g/mol. The van der Waals surface area contributed by atoms with Crippen molar-refractivity contribution in [2.75, 3.05) is 11.9 Å². The molecule has 0 heterocycles. The molecule has 114 valence electrons. The zero-order valence-corrected chi connectivity index (χ0v) is 10.8. The zero-order chi connectivity index (χ0) is 15.4. The highest BCUT2D eigenvalue weighted by Crippen LogP contribution is 2.23. The number of aryl methyl sites for hydroxylation is 1. The molecule has 0 aliphatic heterocycles. The van der Waals surface area contributed by atoms with Crippen LogP contribution in [0.4, 0.5) is 27.6 Å². The fourth-order valence-corrected chi connectivity index (χ4v) is 1.48. The van der Waals surface area contributed by atoms with Crippen LogP contribution in [0, 0.1) is 0 Å². The molecule has 0 saturated carbocycles. The molecule has 0 fully saturated rings. The standard InChI is InChI=1S/C13H16F5NO/c1-12(20,11(14)15)8-19-10-4-2-3-9(7-10)5-6-13(16,17)18/h2-4,7,11,19-20H,5-6,8H2,1H3. The number of hydrogen-bond acceptors (Lipinski definition) is 2. The molecule has 0 radical (unpaired) electrons. The van der Waals surface area contributed by atoms with Gasteiger partial charge in [0.2, 0.25) is 0 Å². The first kappa shape index (κ1) is 16.7. The van der Waals surface area contributed by atoms with E-state index < -0.39 is 31.2 Å². The molecule has 1 aromatic rings. The third kappa shape index (κ3) is 5.73. The number of anilines is 1. The van der Waals surface area contributed by atoms with Crippen molar-refractivity contribution in [2.45, 2.75) is 38.0 Å². The lowest BCUT2D eigenvalue weighted by Crippen LogP contribution is -2.40. The predicted molar refractivity (Wildman–Crippen MR) is 65.9 cm³/mol. The lowest BCUT2D eigenvalue weighted by molar-refractivity contribution is -0.133. The maximum atomic E-state index is 12.4. The van der Waals surface area contributed by atoms with Crippen molar-refractivity contribution in [3.05, 3.63) is 29.8 Å². The van der Waals surface area contributed by atoms with Gasteiger partial charge in [-0.3, -0.25) is 0 Å². The molecule has 1 rings (SSSR count). The van der Waals surface area contributed by atoms with Crippen molar-refractivity contribution in [3.63, 3.8) is 0 Å². The van der Waals surface area contributed by atoms with E-state index in [1.807, 2.05) is 0 Å². The minimum Gasteiger partial charge on any atom is -0.382 e. The SMILES string of the molecule is CC(O)(CNc1cccc(CCC(F)(F)F)c1)C(F)F. The van der Waals surface area contributed by atoms with Crippen molar-refractivity contribution in [1.82, 2.24) is 0 Å². The largest absolute Gasteiger partial charge is 0.389 e. The molecule has 20 heavy (non-hydrogen) atoms. The Morgan fingerprint density at radius 2 is 1.90 bits per heavy atom. The Hall–Kier alpha value is -1.37. The summed E-state index contributed by atoms with van der Waals surface area (Å²) in [5.41, 5.74) is -1.35. The summed E-state index contributed by atoms with van der Waals surface area (Å²) in [6.45, 7) is 0.589. The van der Waals surface area contributed by atoms with Crippen LogP contribution in [0.5, 0.6) is 0 Å². The fraction of sp³-hybridized carbons (Fsp3) is 0.538. The van der Waals surface area contributed by atoms with E-state index in [2.05, 4.69) is 5.32 Å². The van der Waals surface area contributed by atoms with Crippen molar-refractivity contribution in [2.24, 2.45) is 0 Å². The Morgan fingerprint density at radius 3 is 2.45 bits per heavy atom. The Labute approximate surface area is 113 Å². The minimum atomic E-state index is -4.23. The summed E-state index contributed by atoms with van der Waals surface area (Å²) in [5, 5.41) is 12.0. The molecule has 0 amide bonds. The van der Waals surface area contributed by atoms with Gasteiger partial charge in [-0.25, -0.2) is 8.78 Å². The van der Waals surface area contributed by atoms with E-state index in [-0.39, 0.29) is 6.42 Å². The lowest BCUT2D eigenvalue weighted by Gasteiger charge is -2.23. The number of benzene rings is 1. The molecular formula is C13H16F5NO. The van der Waals surface area contributed by atoms with Gasteiger partial charge in [0, 0.05) is 18.7 Å². The highest BCUT2D eigenvalue weighted by Gasteiger charge is 2.31. The Balaban J connectivity index is 2.60. The Bertz CT molecular complexity index is 431. The van der Waals surface area contributed by atoms with Gasteiger partial charge in [0.15, 0.2) is 0 Å². The van der Waals surface area contributed by atoms with E-state index in [4.69, 9.17) is 0 Å². The van der Waals surface area contributed by atoms with E-state index in [9.17, 15) is 27.1 Å². The van der Waals surface area contributed by atoms with Gasteiger partial charge in [-0.1, -0.05) is 12.1 Å². The summed E-state index contributed by atoms with van der Waals surface area (Å²) in [5.74, 6) is 0. The summed E-state index contributed by atoms with van der Waals surface area (Å²) in [7, 11) is 0. The second-order valence-corrected chi connectivity index (χ2v) is 4.83. The Morgan fingerprint density at radius 1 is 1.25 bits per heavy atom. The van der Waals surface area contributed by atoms with Crippen molar-refractivity contribution in [1.29, 1.82) is 0 Å². The lowest BCUT2D eigenvalue weighted by atomic mass is 10.1. The summed E-state index contributed by atoms with van der Waals surface area (Å²) in [6, 6.07) is 6.05. The molecule has 1 atom stereocenters. The number of aliphatic hydroxyl groups is 1. The summed E-state index contributed by atoms with van der Waals surface area (Å²) < 4.78 is 61.2. The second-order valence-electron chi connectivity index (χ2n) is 4.83. The van der Waals surface area contributed by atoms with Crippen LogP contribution >= 0.6 is 0 Å². The van der Waals surface area contributed by atoms with Crippen molar-refractivity contribution in [3.8, 4) is 0 Å². The molecular weight excluding hydrogens is 281 g/mol. The van der Waals surface area contributed by atoms with Crippen LogP contribution in [0.3, 0.4) is 0 Å². The van der Waals surface area contributed by atoms with Gasteiger partial charge in [-0.05, 0) is 31.0 Å². The van der Waals surface area contributed by atoms with E-state index in [0.717, 1.165) is 6.92 Å². The number of halogens is 5. The maximum absolute atomic E-state index is 12.4. The van der Waals surface area contributed by atoms with Crippen LogP contribution in [-0.4, -0.2) is 29.9 Å². The number of rotatable bonds is 6. The molecule has 0 spiro atoms. The summed E-state index contributed by atoms with van der Waals surface area (Å²) in [6.07, 6.45) is -8.26. The molecule has 0 bridgehead atoms.